The van der Waals surface area contributed by atoms with Crippen molar-refractivity contribution in [1.29, 1.82) is 0 Å². The quantitative estimate of drug-likeness (QED) is 0.381. The molecule has 0 atom stereocenters. The first-order valence-electron chi connectivity index (χ1n) is 8.51. The summed E-state index contributed by atoms with van der Waals surface area (Å²) in [7, 11) is 1.60. The molecule has 6 heteroatoms. The van der Waals surface area contributed by atoms with Crippen LogP contribution in [-0.4, -0.2) is 13.3 Å². The molecule has 3 aromatic carbocycles. The van der Waals surface area contributed by atoms with Crippen molar-refractivity contribution in [3.8, 4) is 11.5 Å². The zero-order valence-corrected chi connectivity index (χ0v) is 17.6. The van der Waals surface area contributed by atoms with Gasteiger partial charge in [0.15, 0.2) is 11.5 Å². The Morgan fingerprint density at radius 3 is 2.43 bits per heavy atom. The highest BCUT2D eigenvalue weighted by atomic mass is 35.5. The van der Waals surface area contributed by atoms with Gasteiger partial charge in [0.2, 0.25) is 0 Å². The number of aryl methyl sites for hydroxylation is 1. The summed E-state index contributed by atoms with van der Waals surface area (Å²) in [6.07, 6.45) is 1.75. The molecule has 0 aliphatic rings. The maximum atomic E-state index is 6.19. The lowest BCUT2D eigenvalue weighted by Gasteiger charge is -2.12. The van der Waals surface area contributed by atoms with Gasteiger partial charge in [-0.3, -0.25) is 4.99 Å². The molecular weight excluding hydrogens is 417 g/mol. The van der Waals surface area contributed by atoms with Crippen LogP contribution in [0.3, 0.4) is 0 Å². The average molecular weight is 435 g/mol. The average Bonchev–Trinajstić information content (AvgIpc) is 2.68. The second-order valence-corrected chi connectivity index (χ2v) is 7.38. The Kier molecular flexibility index (Phi) is 6.84. The number of nitrogens with zero attached hydrogens (tertiary/aromatic N) is 1. The molecule has 0 fully saturated rings. The van der Waals surface area contributed by atoms with E-state index >= 15 is 0 Å². The van der Waals surface area contributed by atoms with Gasteiger partial charge in [-0.15, -0.1) is 0 Å². The maximum Gasteiger partial charge on any atom is 0.161 e. The van der Waals surface area contributed by atoms with Gasteiger partial charge < -0.3 is 9.47 Å². The Hall–Kier alpha value is -2.20. The molecule has 0 saturated carbocycles. The lowest BCUT2D eigenvalue weighted by atomic mass is 10.2. The molecule has 0 bridgehead atoms. The van der Waals surface area contributed by atoms with Crippen LogP contribution in [0.4, 0.5) is 5.69 Å². The van der Waals surface area contributed by atoms with Crippen LogP contribution in [0.5, 0.6) is 11.5 Å². The zero-order chi connectivity index (χ0) is 20.1. The lowest BCUT2D eigenvalue weighted by Crippen LogP contribution is -1.99. The standard InChI is InChI=1S/C22H18Cl3NO2/c1-14-3-7-18(11-19(14)24)26-12-15-4-8-21(22(9-15)27-2)28-13-16-5-6-17(23)10-20(16)25/h3-12H,13H2,1-2H3. The van der Waals surface area contributed by atoms with Crippen LogP contribution in [0.2, 0.25) is 15.1 Å². The van der Waals surface area contributed by atoms with Crippen molar-refractivity contribution in [2.24, 2.45) is 4.99 Å². The molecule has 0 N–H and O–H groups in total. The number of ether oxygens (including phenoxy) is 2. The van der Waals surface area contributed by atoms with Gasteiger partial charge in [0.25, 0.3) is 0 Å². The second kappa shape index (κ2) is 9.33. The third-order valence-corrected chi connectivity index (χ3v) is 5.10. The fourth-order valence-electron chi connectivity index (χ4n) is 2.49. The van der Waals surface area contributed by atoms with Crippen molar-refractivity contribution in [3.05, 3.63) is 86.4 Å². The number of hydrogen-bond donors (Lipinski definition) is 0. The molecular formula is C22H18Cl3NO2. The van der Waals surface area contributed by atoms with E-state index in [1.54, 1.807) is 25.5 Å². The van der Waals surface area contributed by atoms with Gasteiger partial charge >= 0.3 is 0 Å². The second-order valence-electron chi connectivity index (χ2n) is 6.13. The van der Waals surface area contributed by atoms with Crippen LogP contribution in [0.15, 0.2) is 59.6 Å². The minimum absolute atomic E-state index is 0.307. The monoisotopic (exact) mass is 433 g/mol. The SMILES string of the molecule is COc1cc(C=Nc2ccc(C)c(Cl)c2)ccc1OCc1ccc(Cl)cc1Cl. The van der Waals surface area contributed by atoms with Crippen molar-refractivity contribution in [2.45, 2.75) is 13.5 Å². The van der Waals surface area contributed by atoms with E-state index in [1.165, 1.54) is 0 Å². The molecule has 0 heterocycles. The van der Waals surface area contributed by atoms with Crippen molar-refractivity contribution < 1.29 is 9.47 Å². The Bertz CT molecular complexity index is 1020. The summed E-state index contributed by atoms with van der Waals surface area (Å²) < 4.78 is 11.3. The van der Waals surface area contributed by atoms with Crippen molar-refractivity contribution >= 4 is 46.7 Å². The first-order chi connectivity index (χ1) is 13.5. The molecule has 0 amide bonds. The molecule has 0 spiro atoms. The fourth-order valence-corrected chi connectivity index (χ4v) is 3.13. The van der Waals surface area contributed by atoms with Gasteiger partial charge in [-0.1, -0.05) is 46.9 Å². The van der Waals surface area contributed by atoms with Crippen LogP contribution >= 0.6 is 34.8 Å². The van der Waals surface area contributed by atoms with Gasteiger partial charge in [0.05, 0.1) is 12.8 Å². The van der Waals surface area contributed by atoms with Crippen molar-refractivity contribution in [2.75, 3.05) is 7.11 Å². The molecule has 144 valence electrons. The normalized spacial score (nSPS) is 11.0. The molecule has 3 nitrogen and oxygen atoms in total. The van der Waals surface area contributed by atoms with Gasteiger partial charge in [-0.2, -0.15) is 0 Å². The predicted molar refractivity (Wildman–Crippen MR) is 117 cm³/mol. The highest BCUT2D eigenvalue weighted by Gasteiger charge is 2.08. The van der Waals surface area contributed by atoms with Gasteiger partial charge in [-0.25, -0.2) is 0 Å². The molecule has 0 aliphatic heterocycles. The first-order valence-corrected chi connectivity index (χ1v) is 9.64. The minimum Gasteiger partial charge on any atom is -0.493 e. The van der Waals surface area contributed by atoms with Crippen LogP contribution in [0, 0.1) is 6.92 Å². The summed E-state index contributed by atoms with van der Waals surface area (Å²) in [6, 6.07) is 16.6. The number of rotatable bonds is 6. The Balaban J connectivity index is 1.74. The summed E-state index contributed by atoms with van der Waals surface area (Å²) in [6.45, 7) is 2.26. The van der Waals surface area contributed by atoms with Gasteiger partial charge in [0.1, 0.15) is 6.61 Å². The maximum absolute atomic E-state index is 6.19. The lowest BCUT2D eigenvalue weighted by molar-refractivity contribution is 0.284. The van der Waals surface area contributed by atoms with E-state index in [0.717, 1.165) is 22.4 Å². The summed E-state index contributed by atoms with van der Waals surface area (Å²) in [5.41, 5.74) is 3.53. The van der Waals surface area contributed by atoms with E-state index in [9.17, 15) is 0 Å². The number of benzene rings is 3. The number of halogens is 3. The third kappa shape index (κ3) is 5.20. The van der Waals surface area contributed by atoms with E-state index < -0.39 is 0 Å². The van der Waals surface area contributed by atoms with E-state index in [1.807, 2.05) is 49.4 Å². The molecule has 0 aliphatic carbocycles. The Morgan fingerprint density at radius 1 is 0.893 bits per heavy atom. The van der Waals surface area contributed by atoms with Crippen LogP contribution in [-0.2, 0) is 6.61 Å². The molecule has 3 aromatic rings. The smallest absolute Gasteiger partial charge is 0.161 e. The minimum atomic E-state index is 0.307. The molecule has 28 heavy (non-hydrogen) atoms. The zero-order valence-electron chi connectivity index (χ0n) is 15.4. The predicted octanol–water partition coefficient (Wildman–Crippen LogP) is 7.29. The molecule has 3 rings (SSSR count). The Labute approximate surface area is 179 Å². The van der Waals surface area contributed by atoms with E-state index in [4.69, 9.17) is 44.3 Å². The van der Waals surface area contributed by atoms with Crippen LogP contribution < -0.4 is 9.47 Å². The molecule has 0 saturated heterocycles. The fraction of sp³-hybridized carbons (Fsp3) is 0.136. The Morgan fingerprint density at radius 2 is 1.71 bits per heavy atom. The highest BCUT2D eigenvalue weighted by molar-refractivity contribution is 6.35. The summed E-state index contributed by atoms with van der Waals surface area (Å²) in [5.74, 6) is 1.22. The first kappa shape index (κ1) is 20.5. The van der Waals surface area contributed by atoms with Crippen LogP contribution in [0.1, 0.15) is 16.7 Å². The number of methoxy groups -OCH3 is 1. The molecule has 0 radical (unpaired) electrons. The third-order valence-electron chi connectivity index (χ3n) is 4.10. The number of aliphatic imine (C=N–C) groups is 1. The summed E-state index contributed by atoms with van der Waals surface area (Å²) in [5, 5.41) is 1.84. The van der Waals surface area contributed by atoms with E-state index in [0.29, 0.717) is 33.2 Å². The number of hydrogen-bond acceptors (Lipinski definition) is 3. The van der Waals surface area contributed by atoms with Crippen molar-refractivity contribution in [3.63, 3.8) is 0 Å². The highest BCUT2D eigenvalue weighted by Crippen LogP contribution is 2.30. The molecule has 0 unspecified atom stereocenters. The summed E-state index contributed by atoms with van der Waals surface area (Å²) in [4.78, 5) is 4.46. The van der Waals surface area contributed by atoms with Gasteiger partial charge in [0, 0.05) is 26.8 Å². The van der Waals surface area contributed by atoms with E-state index in [-0.39, 0.29) is 0 Å². The van der Waals surface area contributed by atoms with Crippen molar-refractivity contribution in [1.82, 2.24) is 0 Å². The van der Waals surface area contributed by atoms with Gasteiger partial charge in [-0.05, 0) is 60.5 Å². The van der Waals surface area contributed by atoms with E-state index in [2.05, 4.69) is 4.99 Å². The summed E-state index contributed by atoms with van der Waals surface area (Å²) >= 11 is 18.3. The molecule has 0 aromatic heterocycles. The van der Waals surface area contributed by atoms with Crippen LogP contribution in [0.25, 0.3) is 0 Å². The largest absolute Gasteiger partial charge is 0.493 e. The topological polar surface area (TPSA) is 30.8 Å².